The molecule has 1 fully saturated rings. The van der Waals surface area contributed by atoms with Gasteiger partial charge in [-0.1, -0.05) is 28.1 Å². The molecule has 2 aliphatic rings. The van der Waals surface area contributed by atoms with Gasteiger partial charge in [0.15, 0.2) is 5.79 Å². The van der Waals surface area contributed by atoms with Crippen molar-refractivity contribution in [3.8, 4) is 0 Å². The van der Waals surface area contributed by atoms with Crippen LogP contribution in [0.1, 0.15) is 25.0 Å². The Morgan fingerprint density at radius 1 is 1.42 bits per heavy atom. The van der Waals surface area contributed by atoms with Gasteiger partial charge in [-0.3, -0.25) is 4.90 Å². The number of hydrogen-bond donors (Lipinski definition) is 0. The topological polar surface area (TPSA) is 21.7 Å². The van der Waals surface area contributed by atoms with Gasteiger partial charge in [0.2, 0.25) is 0 Å². The molecule has 2 heterocycles. The molecule has 0 bridgehead atoms. The van der Waals surface area contributed by atoms with Gasteiger partial charge in [0.05, 0.1) is 12.7 Å². The van der Waals surface area contributed by atoms with Crippen LogP contribution in [-0.2, 0) is 22.4 Å². The first-order valence-electron chi connectivity index (χ1n) is 6.84. The molecule has 0 aromatic heterocycles. The second-order valence-electron chi connectivity index (χ2n) is 5.81. The van der Waals surface area contributed by atoms with Crippen LogP contribution in [0.2, 0.25) is 0 Å². The normalized spacial score (nSPS) is 26.4. The maximum Gasteiger partial charge on any atom is 0.163 e. The molecule has 3 rings (SSSR count). The highest BCUT2D eigenvalue weighted by atomic mass is 79.9. The number of rotatable bonds is 2. The number of benzene rings is 1. The van der Waals surface area contributed by atoms with Gasteiger partial charge < -0.3 is 9.47 Å². The molecule has 0 spiro atoms. The molecule has 0 N–H and O–H groups in total. The summed E-state index contributed by atoms with van der Waals surface area (Å²) in [5, 5.41) is 0. The van der Waals surface area contributed by atoms with E-state index in [-0.39, 0.29) is 6.10 Å². The summed E-state index contributed by atoms with van der Waals surface area (Å²) in [6.45, 7) is 7.72. The Balaban J connectivity index is 1.63. The van der Waals surface area contributed by atoms with Crippen molar-refractivity contribution in [3.05, 3.63) is 33.8 Å². The first-order valence-corrected chi connectivity index (χ1v) is 7.63. The molecule has 1 atom stereocenters. The summed E-state index contributed by atoms with van der Waals surface area (Å²) in [5.74, 6) is -0.415. The van der Waals surface area contributed by atoms with E-state index in [1.54, 1.807) is 0 Å². The van der Waals surface area contributed by atoms with E-state index in [1.807, 2.05) is 13.8 Å². The monoisotopic (exact) mass is 325 g/mol. The molecule has 104 valence electrons. The van der Waals surface area contributed by atoms with Crippen molar-refractivity contribution < 1.29 is 9.47 Å². The first kappa shape index (κ1) is 13.6. The quantitative estimate of drug-likeness (QED) is 0.834. The van der Waals surface area contributed by atoms with Crippen LogP contribution in [0.5, 0.6) is 0 Å². The largest absolute Gasteiger partial charge is 0.348 e. The van der Waals surface area contributed by atoms with Crippen LogP contribution in [-0.4, -0.2) is 36.5 Å². The minimum absolute atomic E-state index is 0.198. The lowest BCUT2D eigenvalue weighted by Crippen LogP contribution is -2.38. The van der Waals surface area contributed by atoms with Crippen molar-refractivity contribution in [1.29, 1.82) is 0 Å². The molecular weight excluding hydrogens is 306 g/mol. The van der Waals surface area contributed by atoms with E-state index < -0.39 is 5.79 Å². The van der Waals surface area contributed by atoms with Crippen LogP contribution in [0, 0.1) is 0 Å². The smallest absolute Gasteiger partial charge is 0.163 e. The third kappa shape index (κ3) is 3.02. The molecule has 19 heavy (non-hydrogen) atoms. The first-order chi connectivity index (χ1) is 9.03. The van der Waals surface area contributed by atoms with Crippen LogP contribution in [0.15, 0.2) is 22.7 Å². The zero-order valence-electron chi connectivity index (χ0n) is 11.5. The highest BCUT2D eigenvalue weighted by molar-refractivity contribution is 9.10. The highest BCUT2D eigenvalue weighted by Gasteiger charge is 2.34. The van der Waals surface area contributed by atoms with Crippen LogP contribution < -0.4 is 0 Å². The number of ether oxygens (including phenoxy) is 2. The predicted molar refractivity (Wildman–Crippen MR) is 78.0 cm³/mol. The number of hydrogen-bond acceptors (Lipinski definition) is 3. The van der Waals surface area contributed by atoms with E-state index in [1.165, 1.54) is 15.6 Å². The zero-order chi connectivity index (χ0) is 13.5. The summed E-state index contributed by atoms with van der Waals surface area (Å²) in [6.07, 6.45) is 1.30. The molecule has 1 aromatic carbocycles. The Bertz CT molecular complexity index is 475. The summed E-state index contributed by atoms with van der Waals surface area (Å²) in [7, 11) is 0. The summed E-state index contributed by atoms with van der Waals surface area (Å²) in [6, 6.07) is 6.47. The van der Waals surface area contributed by atoms with Gasteiger partial charge in [0, 0.05) is 24.1 Å². The lowest BCUT2D eigenvalue weighted by atomic mass is 10.00. The number of fused-ring (bicyclic) bond motifs is 1. The predicted octanol–water partition coefficient (Wildman–Crippen LogP) is 2.96. The summed E-state index contributed by atoms with van der Waals surface area (Å²) < 4.78 is 12.8. The molecular formula is C15H20BrNO2. The number of halogens is 1. The Morgan fingerprint density at radius 2 is 2.26 bits per heavy atom. The maximum atomic E-state index is 5.89. The van der Waals surface area contributed by atoms with Gasteiger partial charge in [0.1, 0.15) is 0 Å². The summed E-state index contributed by atoms with van der Waals surface area (Å²) >= 11 is 3.64. The SMILES string of the molecule is CC1(C)OCC(CN2CCc3c(Br)cccc3C2)O1. The van der Waals surface area contributed by atoms with E-state index in [0.29, 0.717) is 6.61 Å². The van der Waals surface area contributed by atoms with E-state index in [4.69, 9.17) is 9.47 Å². The van der Waals surface area contributed by atoms with Gasteiger partial charge in [-0.25, -0.2) is 0 Å². The molecule has 1 unspecified atom stereocenters. The standard InChI is InChI=1S/C15H20BrNO2/c1-15(2)18-10-12(19-15)9-17-7-6-13-11(8-17)4-3-5-14(13)16/h3-5,12H,6-10H2,1-2H3. The van der Waals surface area contributed by atoms with Gasteiger partial charge in [-0.05, 0) is 37.5 Å². The third-order valence-electron chi connectivity index (χ3n) is 3.82. The molecule has 0 aliphatic carbocycles. The Kier molecular flexibility index (Phi) is 3.69. The Labute approximate surface area is 123 Å². The molecule has 1 aromatic rings. The van der Waals surface area contributed by atoms with Gasteiger partial charge >= 0.3 is 0 Å². The van der Waals surface area contributed by atoms with E-state index in [2.05, 4.69) is 39.0 Å². The van der Waals surface area contributed by atoms with Gasteiger partial charge in [0.25, 0.3) is 0 Å². The molecule has 1 saturated heterocycles. The molecule has 4 heteroatoms. The van der Waals surface area contributed by atoms with Crippen molar-refractivity contribution in [2.24, 2.45) is 0 Å². The summed E-state index contributed by atoms with van der Waals surface area (Å²) in [5.41, 5.74) is 2.89. The van der Waals surface area contributed by atoms with Crippen LogP contribution in [0.3, 0.4) is 0 Å². The fourth-order valence-corrected chi connectivity index (χ4v) is 3.52. The molecule has 0 amide bonds. The van der Waals surface area contributed by atoms with Crippen molar-refractivity contribution in [2.45, 2.75) is 38.7 Å². The minimum Gasteiger partial charge on any atom is -0.348 e. The van der Waals surface area contributed by atoms with E-state index in [9.17, 15) is 0 Å². The third-order valence-corrected chi connectivity index (χ3v) is 4.56. The van der Waals surface area contributed by atoms with Crippen molar-refractivity contribution in [3.63, 3.8) is 0 Å². The van der Waals surface area contributed by atoms with Gasteiger partial charge in [-0.15, -0.1) is 0 Å². The Hall–Kier alpha value is -0.420. The van der Waals surface area contributed by atoms with Crippen molar-refractivity contribution >= 4 is 15.9 Å². The van der Waals surface area contributed by atoms with E-state index in [0.717, 1.165) is 26.1 Å². The fourth-order valence-electron chi connectivity index (χ4n) is 2.92. The second-order valence-corrected chi connectivity index (χ2v) is 6.67. The van der Waals surface area contributed by atoms with Crippen molar-refractivity contribution in [2.75, 3.05) is 19.7 Å². The molecule has 0 radical (unpaired) electrons. The fraction of sp³-hybridized carbons (Fsp3) is 0.600. The maximum absolute atomic E-state index is 5.89. The van der Waals surface area contributed by atoms with Crippen LogP contribution >= 0.6 is 15.9 Å². The molecule has 0 saturated carbocycles. The lowest BCUT2D eigenvalue weighted by Gasteiger charge is -2.31. The summed E-state index contributed by atoms with van der Waals surface area (Å²) in [4.78, 5) is 2.46. The average Bonchev–Trinajstić information content (AvgIpc) is 2.69. The van der Waals surface area contributed by atoms with Gasteiger partial charge in [-0.2, -0.15) is 0 Å². The van der Waals surface area contributed by atoms with Crippen LogP contribution in [0.4, 0.5) is 0 Å². The lowest BCUT2D eigenvalue weighted by molar-refractivity contribution is -0.140. The second kappa shape index (κ2) is 5.17. The van der Waals surface area contributed by atoms with E-state index >= 15 is 0 Å². The minimum atomic E-state index is -0.415. The molecule has 2 aliphatic heterocycles. The zero-order valence-corrected chi connectivity index (χ0v) is 13.1. The highest BCUT2D eigenvalue weighted by Crippen LogP contribution is 2.28. The van der Waals surface area contributed by atoms with Crippen LogP contribution in [0.25, 0.3) is 0 Å². The molecule has 3 nitrogen and oxygen atoms in total. The number of nitrogens with zero attached hydrogens (tertiary/aromatic N) is 1. The average molecular weight is 326 g/mol. The Morgan fingerprint density at radius 3 is 3.00 bits per heavy atom. The van der Waals surface area contributed by atoms with Crippen molar-refractivity contribution in [1.82, 2.24) is 4.90 Å².